The number of aromatic hydroxyl groups is 1. The highest BCUT2D eigenvalue weighted by atomic mass is 16.4. The Morgan fingerprint density at radius 3 is 2.52 bits per heavy atom. The fraction of sp³-hybridized carbons (Fsp3) is 0. The third kappa shape index (κ3) is 1.97. The molecular formula is C17H11NO3. The van der Waals surface area contributed by atoms with Gasteiger partial charge in [-0.25, -0.2) is 4.98 Å². The van der Waals surface area contributed by atoms with Gasteiger partial charge in [0.15, 0.2) is 5.58 Å². The molecule has 2 heterocycles. The molecule has 2 aromatic heterocycles. The predicted molar refractivity (Wildman–Crippen MR) is 78.8 cm³/mol. The number of hydrogen-bond donors (Lipinski definition) is 1. The van der Waals surface area contributed by atoms with Gasteiger partial charge in [-0.15, -0.1) is 0 Å². The molecule has 0 fully saturated rings. The monoisotopic (exact) mass is 277 g/mol. The van der Waals surface area contributed by atoms with Gasteiger partial charge in [0.05, 0.1) is 11.8 Å². The molecule has 4 rings (SSSR count). The van der Waals surface area contributed by atoms with Crippen molar-refractivity contribution in [2.75, 3.05) is 0 Å². The van der Waals surface area contributed by atoms with Gasteiger partial charge in [-0.3, -0.25) is 0 Å². The van der Waals surface area contributed by atoms with Crippen molar-refractivity contribution in [1.29, 1.82) is 0 Å². The number of phenols is 1. The standard InChI is InChI=1S/C17H11NO3/c19-12-8-6-11(7-9-12)17-18-14-4-1-3-13(16(14)21-17)15-5-2-10-20-15/h1-10,19H. The van der Waals surface area contributed by atoms with Crippen molar-refractivity contribution in [2.24, 2.45) is 0 Å². The number of hydrogen-bond acceptors (Lipinski definition) is 4. The van der Waals surface area contributed by atoms with Crippen molar-refractivity contribution in [2.45, 2.75) is 0 Å². The number of fused-ring (bicyclic) bond motifs is 1. The quantitative estimate of drug-likeness (QED) is 0.587. The Kier molecular flexibility index (Phi) is 2.54. The Morgan fingerprint density at radius 1 is 0.905 bits per heavy atom. The summed E-state index contributed by atoms with van der Waals surface area (Å²) in [5.74, 6) is 1.48. The highest BCUT2D eigenvalue weighted by Crippen LogP contribution is 2.32. The second kappa shape index (κ2) is 4.52. The average Bonchev–Trinajstić information content (AvgIpc) is 3.17. The van der Waals surface area contributed by atoms with Gasteiger partial charge in [0.2, 0.25) is 5.89 Å². The molecule has 0 aliphatic heterocycles. The van der Waals surface area contributed by atoms with Crippen molar-refractivity contribution in [3.8, 4) is 28.5 Å². The van der Waals surface area contributed by atoms with Crippen LogP contribution in [-0.4, -0.2) is 10.1 Å². The van der Waals surface area contributed by atoms with Gasteiger partial charge in [0.25, 0.3) is 0 Å². The van der Waals surface area contributed by atoms with E-state index in [9.17, 15) is 5.11 Å². The van der Waals surface area contributed by atoms with Crippen LogP contribution in [0.2, 0.25) is 0 Å². The molecular weight excluding hydrogens is 266 g/mol. The van der Waals surface area contributed by atoms with E-state index in [0.717, 1.165) is 22.4 Å². The lowest BCUT2D eigenvalue weighted by atomic mass is 10.1. The molecule has 4 nitrogen and oxygen atoms in total. The number of aromatic nitrogens is 1. The summed E-state index contributed by atoms with van der Waals surface area (Å²) in [5, 5.41) is 9.35. The summed E-state index contributed by atoms with van der Waals surface area (Å²) in [4.78, 5) is 4.49. The van der Waals surface area contributed by atoms with E-state index in [1.165, 1.54) is 0 Å². The van der Waals surface area contributed by atoms with Crippen molar-refractivity contribution in [3.63, 3.8) is 0 Å². The van der Waals surface area contributed by atoms with Crippen molar-refractivity contribution in [3.05, 3.63) is 60.9 Å². The van der Waals surface area contributed by atoms with E-state index in [1.54, 1.807) is 30.5 Å². The molecule has 0 atom stereocenters. The summed E-state index contributed by atoms with van der Waals surface area (Å²) in [6.07, 6.45) is 1.63. The number of oxazole rings is 1. The van der Waals surface area contributed by atoms with Crippen LogP contribution in [0, 0.1) is 0 Å². The maximum absolute atomic E-state index is 9.35. The fourth-order valence-electron chi connectivity index (χ4n) is 2.30. The molecule has 0 aliphatic carbocycles. The second-order valence-electron chi connectivity index (χ2n) is 4.70. The summed E-state index contributed by atoms with van der Waals surface area (Å²) >= 11 is 0. The van der Waals surface area contributed by atoms with Crippen LogP contribution in [0.25, 0.3) is 33.9 Å². The fourth-order valence-corrected chi connectivity index (χ4v) is 2.30. The van der Waals surface area contributed by atoms with Crippen LogP contribution in [0.15, 0.2) is 69.7 Å². The molecule has 0 saturated heterocycles. The number of phenolic OH excluding ortho intramolecular Hbond substituents is 1. The van der Waals surface area contributed by atoms with Gasteiger partial charge in [-0.2, -0.15) is 0 Å². The third-order valence-electron chi connectivity index (χ3n) is 3.32. The summed E-state index contributed by atoms with van der Waals surface area (Å²) < 4.78 is 11.3. The van der Waals surface area contributed by atoms with Crippen molar-refractivity contribution >= 4 is 11.1 Å². The summed E-state index contributed by atoms with van der Waals surface area (Å²) in [6, 6.07) is 16.2. The number of rotatable bonds is 2. The Bertz CT molecular complexity index is 890. The molecule has 2 aromatic carbocycles. The molecule has 1 N–H and O–H groups in total. The molecule has 0 amide bonds. The molecule has 0 saturated carbocycles. The first-order valence-electron chi connectivity index (χ1n) is 6.54. The largest absolute Gasteiger partial charge is 0.508 e. The minimum absolute atomic E-state index is 0.214. The van der Waals surface area contributed by atoms with E-state index >= 15 is 0 Å². The van der Waals surface area contributed by atoms with Gasteiger partial charge in [-0.1, -0.05) is 6.07 Å². The first-order chi connectivity index (χ1) is 10.3. The van der Waals surface area contributed by atoms with Gasteiger partial charge >= 0.3 is 0 Å². The van der Waals surface area contributed by atoms with Crippen LogP contribution in [-0.2, 0) is 0 Å². The summed E-state index contributed by atoms with van der Waals surface area (Å²) in [5.41, 5.74) is 3.15. The Balaban J connectivity index is 1.90. The van der Waals surface area contributed by atoms with Crippen LogP contribution >= 0.6 is 0 Å². The van der Waals surface area contributed by atoms with E-state index in [0.29, 0.717) is 11.5 Å². The van der Waals surface area contributed by atoms with Crippen LogP contribution in [0.5, 0.6) is 5.75 Å². The minimum Gasteiger partial charge on any atom is -0.508 e. The molecule has 4 aromatic rings. The summed E-state index contributed by atoms with van der Waals surface area (Å²) in [6.45, 7) is 0. The lowest BCUT2D eigenvalue weighted by Crippen LogP contribution is -1.75. The Labute approximate surface area is 120 Å². The van der Waals surface area contributed by atoms with E-state index < -0.39 is 0 Å². The molecule has 0 unspecified atom stereocenters. The lowest BCUT2D eigenvalue weighted by molar-refractivity contribution is 0.475. The first-order valence-corrected chi connectivity index (χ1v) is 6.54. The number of para-hydroxylation sites is 1. The normalized spacial score (nSPS) is 11.0. The maximum atomic E-state index is 9.35. The van der Waals surface area contributed by atoms with Gasteiger partial charge in [0, 0.05) is 5.56 Å². The molecule has 0 bridgehead atoms. The van der Waals surface area contributed by atoms with Crippen molar-refractivity contribution in [1.82, 2.24) is 4.98 Å². The van der Waals surface area contributed by atoms with Crippen LogP contribution < -0.4 is 0 Å². The average molecular weight is 277 g/mol. The highest BCUT2D eigenvalue weighted by molar-refractivity contribution is 5.90. The zero-order valence-corrected chi connectivity index (χ0v) is 11.0. The molecule has 102 valence electrons. The predicted octanol–water partition coefficient (Wildman–Crippen LogP) is 4.46. The van der Waals surface area contributed by atoms with Gasteiger partial charge in [-0.05, 0) is 48.5 Å². The lowest BCUT2D eigenvalue weighted by Gasteiger charge is -1.97. The van der Waals surface area contributed by atoms with Crippen LogP contribution in [0.1, 0.15) is 0 Å². The number of nitrogens with zero attached hydrogens (tertiary/aromatic N) is 1. The summed E-state index contributed by atoms with van der Waals surface area (Å²) in [7, 11) is 0. The third-order valence-corrected chi connectivity index (χ3v) is 3.32. The highest BCUT2D eigenvalue weighted by Gasteiger charge is 2.14. The molecule has 0 radical (unpaired) electrons. The first kappa shape index (κ1) is 11.8. The number of benzene rings is 2. The van der Waals surface area contributed by atoms with E-state index in [-0.39, 0.29) is 5.75 Å². The molecule has 0 aliphatic rings. The zero-order valence-electron chi connectivity index (χ0n) is 11.0. The molecule has 4 heteroatoms. The number of furan rings is 1. The molecule has 0 spiro atoms. The minimum atomic E-state index is 0.214. The topological polar surface area (TPSA) is 59.4 Å². The molecule has 21 heavy (non-hydrogen) atoms. The zero-order chi connectivity index (χ0) is 14.2. The van der Waals surface area contributed by atoms with Crippen LogP contribution in [0.3, 0.4) is 0 Å². The van der Waals surface area contributed by atoms with Gasteiger partial charge in [0.1, 0.15) is 17.0 Å². The SMILES string of the molecule is Oc1ccc(-c2nc3cccc(-c4ccco4)c3o2)cc1. The van der Waals surface area contributed by atoms with E-state index in [1.807, 2.05) is 30.3 Å². The van der Waals surface area contributed by atoms with E-state index in [2.05, 4.69) is 4.98 Å². The second-order valence-corrected chi connectivity index (χ2v) is 4.70. The maximum Gasteiger partial charge on any atom is 0.227 e. The Hall–Kier alpha value is -3.01. The van der Waals surface area contributed by atoms with E-state index in [4.69, 9.17) is 8.83 Å². The smallest absolute Gasteiger partial charge is 0.227 e. The van der Waals surface area contributed by atoms with Gasteiger partial charge < -0.3 is 13.9 Å². The van der Waals surface area contributed by atoms with Crippen molar-refractivity contribution < 1.29 is 13.9 Å². The Morgan fingerprint density at radius 2 is 1.76 bits per heavy atom. The van der Waals surface area contributed by atoms with Crippen LogP contribution in [0.4, 0.5) is 0 Å².